The topological polar surface area (TPSA) is 76.0 Å². The van der Waals surface area contributed by atoms with Crippen LogP contribution in [-0.4, -0.2) is 36.6 Å². The van der Waals surface area contributed by atoms with Gasteiger partial charge in [-0.15, -0.1) is 0 Å². The summed E-state index contributed by atoms with van der Waals surface area (Å²) in [6, 6.07) is 0.551. The van der Waals surface area contributed by atoms with Crippen LogP contribution in [0.5, 0.6) is 0 Å². The van der Waals surface area contributed by atoms with Gasteiger partial charge in [-0.2, -0.15) is 0 Å². The lowest BCUT2D eigenvalue weighted by Gasteiger charge is -2.29. The van der Waals surface area contributed by atoms with Gasteiger partial charge < -0.3 is 9.88 Å². The molecule has 1 aromatic heterocycles. The number of aryl methyl sites for hydroxylation is 2. The Bertz CT molecular complexity index is 525. The highest BCUT2D eigenvalue weighted by atomic mass is 32.2. The van der Waals surface area contributed by atoms with Gasteiger partial charge >= 0.3 is 0 Å². The van der Waals surface area contributed by atoms with E-state index < -0.39 is 10.0 Å². The summed E-state index contributed by atoms with van der Waals surface area (Å²) in [5, 5.41) is 3.53. The van der Waals surface area contributed by atoms with Gasteiger partial charge in [0.2, 0.25) is 0 Å². The van der Waals surface area contributed by atoms with Crippen molar-refractivity contribution >= 4 is 10.0 Å². The molecule has 0 spiro atoms. The van der Waals surface area contributed by atoms with Crippen LogP contribution in [0.1, 0.15) is 38.4 Å². The van der Waals surface area contributed by atoms with Gasteiger partial charge in [0.1, 0.15) is 5.82 Å². The van der Waals surface area contributed by atoms with Gasteiger partial charge in [0.15, 0.2) is 5.03 Å². The minimum Gasteiger partial charge on any atom is -0.337 e. The molecule has 6 nitrogen and oxygen atoms in total. The normalized spacial score (nSPS) is 23.9. The van der Waals surface area contributed by atoms with E-state index in [-0.39, 0.29) is 11.1 Å². The van der Waals surface area contributed by atoms with Gasteiger partial charge in [-0.05, 0) is 39.2 Å². The fourth-order valence-corrected chi connectivity index (χ4v) is 3.98. The third-order valence-electron chi connectivity index (χ3n) is 3.90. The zero-order chi connectivity index (χ0) is 14.8. The summed E-state index contributed by atoms with van der Waals surface area (Å²) in [7, 11) is -1.70. The average molecular weight is 300 g/mol. The van der Waals surface area contributed by atoms with Crippen LogP contribution < -0.4 is 10.0 Å². The standard InChI is InChI=1S/C13H24N4O2S/c1-4-14-11-5-7-12(8-6-11)16-20(18,19)13-9-17(3)10(2)15-13/h9,11-12,14,16H,4-8H2,1-3H3. The van der Waals surface area contributed by atoms with E-state index in [1.807, 2.05) is 0 Å². The highest BCUT2D eigenvalue weighted by Gasteiger charge is 2.26. The number of hydrogen-bond donors (Lipinski definition) is 2. The van der Waals surface area contributed by atoms with E-state index in [1.54, 1.807) is 24.7 Å². The Morgan fingerprint density at radius 1 is 1.30 bits per heavy atom. The predicted molar refractivity (Wildman–Crippen MR) is 78.0 cm³/mol. The Kier molecular flexibility index (Phi) is 4.82. The van der Waals surface area contributed by atoms with Crippen molar-refractivity contribution in [2.45, 2.75) is 56.6 Å². The lowest BCUT2D eigenvalue weighted by molar-refractivity contribution is 0.333. The molecule has 7 heteroatoms. The fraction of sp³-hybridized carbons (Fsp3) is 0.769. The fourth-order valence-electron chi connectivity index (χ4n) is 2.64. The Balaban J connectivity index is 1.96. The number of sulfonamides is 1. The largest absolute Gasteiger partial charge is 0.337 e. The highest BCUT2D eigenvalue weighted by Crippen LogP contribution is 2.20. The van der Waals surface area contributed by atoms with E-state index in [0.29, 0.717) is 11.9 Å². The van der Waals surface area contributed by atoms with E-state index in [0.717, 1.165) is 32.2 Å². The lowest BCUT2D eigenvalue weighted by atomic mass is 9.92. The monoisotopic (exact) mass is 300 g/mol. The molecule has 2 rings (SSSR count). The molecular formula is C13H24N4O2S. The van der Waals surface area contributed by atoms with Crippen molar-refractivity contribution < 1.29 is 8.42 Å². The molecule has 0 amide bonds. The van der Waals surface area contributed by atoms with Gasteiger partial charge in [0.05, 0.1) is 0 Å². The van der Waals surface area contributed by atoms with E-state index >= 15 is 0 Å². The van der Waals surface area contributed by atoms with Crippen molar-refractivity contribution in [3.8, 4) is 0 Å². The molecule has 1 fully saturated rings. The number of aromatic nitrogens is 2. The Morgan fingerprint density at radius 3 is 2.40 bits per heavy atom. The third-order valence-corrected chi connectivity index (χ3v) is 5.29. The Hall–Kier alpha value is -0.920. The van der Waals surface area contributed by atoms with Crippen molar-refractivity contribution in [2.75, 3.05) is 6.54 Å². The number of imidazole rings is 1. The van der Waals surface area contributed by atoms with Crippen molar-refractivity contribution in [3.05, 3.63) is 12.0 Å². The predicted octanol–water partition coefficient (Wildman–Crippen LogP) is 0.928. The minimum absolute atomic E-state index is 0.0252. The first kappa shape index (κ1) is 15.5. The van der Waals surface area contributed by atoms with Crippen molar-refractivity contribution in [2.24, 2.45) is 7.05 Å². The van der Waals surface area contributed by atoms with Crippen LogP contribution in [0, 0.1) is 6.92 Å². The Labute approximate surface area is 121 Å². The molecule has 1 saturated carbocycles. The van der Waals surface area contributed by atoms with E-state index in [9.17, 15) is 8.42 Å². The average Bonchev–Trinajstić information content (AvgIpc) is 2.73. The third kappa shape index (κ3) is 3.59. The molecule has 0 aliphatic heterocycles. The summed E-state index contributed by atoms with van der Waals surface area (Å²) >= 11 is 0. The van der Waals surface area contributed by atoms with Gasteiger partial charge in [0.25, 0.3) is 10.0 Å². The first-order valence-corrected chi connectivity index (χ1v) is 8.66. The van der Waals surface area contributed by atoms with E-state index in [1.165, 1.54) is 0 Å². The van der Waals surface area contributed by atoms with Crippen LogP contribution in [0.3, 0.4) is 0 Å². The summed E-state index contributed by atoms with van der Waals surface area (Å²) in [4.78, 5) is 4.09. The number of nitrogens with zero attached hydrogens (tertiary/aromatic N) is 2. The molecule has 1 heterocycles. The van der Waals surface area contributed by atoms with Crippen molar-refractivity contribution in [1.82, 2.24) is 19.6 Å². The van der Waals surface area contributed by atoms with Crippen molar-refractivity contribution in [3.63, 3.8) is 0 Å². The summed E-state index contributed by atoms with van der Waals surface area (Å²) in [5.74, 6) is 0.696. The Morgan fingerprint density at radius 2 is 1.90 bits per heavy atom. The van der Waals surface area contributed by atoms with Gasteiger partial charge in [-0.25, -0.2) is 18.1 Å². The second kappa shape index (κ2) is 6.24. The zero-order valence-electron chi connectivity index (χ0n) is 12.4. The molecule has 1 aliphatic carbocycles. The van der Waals surface area contributed by atoms with Crippen LogP contribution >= 0.6 is 0 Å². The molecule has 0 saturated heterocycles. The first-order valence-electron chi connectivity index (χ1n) is 7.18. The molecule has 0 unspecified atom stereocenters. The highest BCUT2D eigenvalue weighted by molar-refractivity contribution is 7.89. The lowest BCUT2D eigenvalue weighted by Crippen LogP contribution is -2.42. The SMILES string of the molecule is CCNC1CCC(NS(=O)(=O)c2cn(C)c(C)n2)CC1. The van der Waals surface area contributed by atoms with Crippen LogP contribution in [0.25, 0.3) is 0 Å². The molecule has 1 aromatic rings. The smallest absolute Gasteiger partial charge is 0.259 e. The molecule has 0 aromatic carbocycles. The number of hydrogen-bond acceptors (Lipinski definition) is 4. The second-order valence-electron chi connectivity index (χ2n) is 5.46. The van der Waals surface area contributed by atoms with Crippen LogP contribution in [-0.2, 0) is 17.1 Å². The maximum absolute atomic E-state index is 12.3. The van der Waals surface area contributed by atoms with Crippen LogP contribution in [0.2, 0.25) is 0 Å². The molecule has 0 radical (unpaired) electrons. The summed E-state index contributed by atoms with van der Waals surface area (Å²) < 4.78 is 29.0. The maximum atomic E-state index is 12.3. The second-order valence-corrected chi connectivity index (χ2v) is 7.13. The summed E-state index contributed by atoms with van der Waals surface area (Å²) in [6.07, 6.45) is 5.35. The van der Waals surface area contributed by atoms with Gasteiger partial charge in [0, 0.05) is 25.3 Å². The van der Waals surface area contributed by atoms with E-state index in [2.05, 4.69) is 21.9 Å². The first-order chi connectivity index (χ1) is 9.42. The molecule has 114 valence electrons. The molecule has 0 bridgehead atoms. The zero-order valence-corrected chi connectivity index (χ0v) is 13.2. The maximum Gasteiger partial charge on any atom is 0.259 e. The molecular weight excluding hydrogens is 276 g/mol. The van der Waals surface area contributed by atoms with Crippen LogP contribution in [0.15, 0.2) is 11.2 Å². The molecule has 1 aliphatic rings. The molecule has 2 N–H and O–H groups in total. The number of rotatable bonds is 5. The van der Waals surface area contributed by atoms with Crippen molar-refractivity contribution in [1.29, 1.82) is 0 Å². The summed E-state index contributed by atoms with van der Waals surface area (Å²) in [5.41, 5.74) is 0. The van der Waals surface area contributed by atoms with E-state index in [4.69, 9.17) is 0 Å². The molecule has 20 heavy (non-hydrogen) atoms. The van der Waals surface area contributed by atoms with Crippen LogP contribution in [0.4, 0.5) is 0 Å². The minimum atomic E-state index is -3.49. The summed E-state index contributed by atoms with van der Waals surface area (Å²) in [6.45, 7) is 4.85. The quantitative estimate of drug-likeness (QED) is 0.848. The number of nitrogens with one attached hydrogen (secondary N) is 2. The van der Waals surface area contributed by atoms with Gasteiger partial charge in [-0.1, -0.05) is 6.92 Å². The van der Waals surface area contributed by atoms with Gasteiger partial charge in [-0.3, -0.25) is 0 Å². The molecule has 0 atom stereocenters.